The molecular formula is C16H15BrFNO. The van der Waals surface area contributed by atoms with Gasteiger partial charge in [0.2, 0.25) is 0 Å². The molecule has 3 rings (SSSR count). The molecule has 0 saturated carbocycles. The van der Waals surface area contributed by atoms with Crippen molar-refractivity contribution in [3.05, 3.63) is 63.9 Å². The van der Waals surface area contributed by atoms with Crippen LogP contribution >= 0.6 is 15.9 Å². The average molecular weight is 336 g/mol. The monoisotopic (exact) mass is 335 g/mol. The molecule has 0 spiro atoms. The first-order valence-corrected chi connectivity index (χ1v) is 7.42. The quantitative estimate of drug-likeness (QED) is 0.907. The smallest absolute Gasteiger partial charge is 0.137 e. The minimum atomic E-state index is -0.231. The van der Waals surface area contributed by atoms with Gasteiger partial charge in [0, 0.05) is 24.6 Å². The number of halogens is 2. The molecule has 0 aromatic heterocycles. The van der Waals surface area contributed by atoms with Gasteiger partial charge in [0.25, 0.3) is 0 Å². The van der Waals surface area contributed by atoms with Crippen molar-refractivity contribution >= 4 is 15.9 Å². The van der Waals surface area contributed by atoms with Crippen LogP contribution in [0, 0.1) is 5.82 Å². The van der Waals surface area contributed by atoms with E-state index in [1.165, 1.54) is 11.6 Å². The summed E-state index contributed by atoms with van der Waals surface area (Å²) in [6.45, 7) is 1.43. The van der Waals surface area contributed by atoms with Gasteiger partial charge in [-0.3, -0.25) is 0 Å². The Hall–Kier alpha value is -1.39. The van der Waals surface area contributed by atoms with Crippen molar-refractivity contribution < 1.29 is 9.13 Å². The van der Waals surface area contributed by atoms with Crippen molar-refractivity contribution in [1.29, 1.82) is 0 Å². The predicted molar refractivity (Wildman–Crippen MR) is 80.2 cm³/mol. The molecule has 1 unspecified atom stereocenters. The van der Waals surface area contributed by atoms with Gasteiger partial charge in [-0.2, -0.15) is 0 Å². The molecular weight excluding hydrogens is 321 g/mol. The molecule has 4 heteroatoms. The van der Waals surface area contributed by atoms with E-state index in [2.05, 4.69) is 27.3 Å². The van der Waals surface area contributed by atoms with Crippen LogP contribution in [-0.2, 0) is 6.54 Å². The third-order valence-electron chi connectivity index (χ3n) is 3.50. The Balaban J connectivity index is 1.71. The lowest BCUT2D eigenvalue weighted by molar-refractivity contribution is 0.252. The normalized spacial score (nSPS) is 17.4. The van der Waals surface area contributed by atoms with E-state index in [1.54, 1.807) is 6.07 Å². The van der Waals surface area contributed by atoms with Gasteiger partial charge in [0.05, 0.1) is 11.1 Å². The summed E-state index contributed by atoms with van der Waals surface area (Å²) in [6.07, 6.45) is 0.944. The Morgan fingerprint density at radius 2 is 2.10 bits per heavy atom. The summed E-state index contributed by atoms with van der Waals surface area (Å²) in [5, 5.41) is 3.52. The molecule has 2 aromatic carbocycles. The lowest BCUT2D eigenvalue weighted by Crippen LogP contribution is -2.26. The Labute approximate surface area is 126 Å². The molecule has 1 N–H and O–H groups in total. The van der Waals surface area contributed by atoms with Crippen LogP contribution in [0.4, 0.5) is 4.39 Å². The number of benzene rings is 2. The molecule has 0 fully saturated rings. The van der Waals surface area contributed by atoms with Crippen molar-refractivity contribution in [3.63, 3.8) is 0 Å². The fourth-order valence-corrected chi connectivity index (χ4v) is 2.87. The van der Waals surface area contributed by atoms with E-state index in [4.69, 9.17) is 4.74 Å². The van der Waals surface area contributed by atoms with E-state index in [0.29, 0.717) is 11.0 Å². The highest BCUT2D eigenvalue weighted by Crippen LogP contribution is 2.31. The lowest BCUT2D eigenvalue weighted by Gasteiger charge is -2.26. The Morgan fingerprint density at radius 1 is 1.25 bits per heavy atom. The fraction of sp³-hybridized carbons (Fsp3) is 0.250. The zero-order valence-electron chi connectivity index (χ0n) is 10.9. The first-order valence-electron chi connectivity index (χ1n) is 6.63. The Bertz CT molecular complexity index is 617. The highest BCUT2D eigenvalue weighted by Gasteiger charge is 2.20. The van der Waals surface area contributed by atoms with Crippen molar-refractivity contribution in [3.8, 4) is 5.75 Å². The van der Waals surface area contributed by atoms with Crippen molar-refractivity contribution in [2.75, 3.05) is 6.61 Å². The molecule has 20 heavy (non-hydrogen) atoms. The van der Waals surface area contributed by atoms with Crippen LogP contribution in [0.15, 0.2) is 46.9 Å². The van der Waals surface area contributed by atoms with Crippen LogP contribution < -0.4 is 10.1 Å². The highest BCUT2D eigenvalue weighted by molar-refractivity contribution is 9.10. The van der Waals surface area contributed by atoms with Gasteiger partial charge in [-0.25, -0.2) is 4.39 Å². The minimum absolute atomic E-state index is 0.231. The number of para-hydroxylation sites is 1. The van der Waals surface area contributed by atoms with Crippen LogP contribution in [0.1, 0.15) is 23.6 Å². The largest absolute Gasteiger partial charge is 0.493 e. The van der Waals surface area contributed by atoms with Gasteiger partial charge in [-0.15, -0.1) is 0 Å². The van der Waals surface area contributed by atoms with E-state index in [0.717, 1.165) is 24.3 Å². The number of rotatable bonds is 3. The molecule has 104 valence electrons. The molecule has 0 radical (unpaired) electrons. The predicted octanol–water partition coefficient (Wildman–Crippen LogP) is 4.20. The Kier molecular flexibility index (Phi) is 4.03. The van der Waals surface area contributed by atoms with E-state index < -0.39 is 0 Å². The molecule has 1 heterocycles. The summed E-state index contributed by atoms with van der Waals surface area (Å²) < 4.78 is 19.4. The summed E-state index contributed by atoms with van der Waals surface area (Å²) in [4.78, 5) is 0. The van der Waals surface area contributed by atoms with Crippen molar-refractivity contribution in [1.82, 2.24) is 5.32 Å². The van der Waals surface area contributed by atoms with E-state index in [1.807, 2.05) is 24.3 Å². The summed E-state index contributed by atoms with van der Waals surface area (Å²) in [5.41, 5.74) is 2.25. The van der Waals surface area contributed by atoms with Crippen molar-refractivity contribution in [2.45, 2.75) is 19.0 Å². The number of nitrogens with one attached hydrogen (secondary N) is 1. The number of hydrogen-bond donors (Lipinski definition) is 1. The van der Waals surface area contributed by atoms with Crippen LogP contribution in [0.3, 0.4) is 0 Å². The second kappa shape index (κ2) is 5.94. The molecule has 2 nitrogen and oxygen atoms in total. The minimum Gasteiger partial charge on any atom is -0.493 e. The summed E-state index contributed by atoms with van der Waals surface area (Å²) >= 11 is 3.22. The molecule has 0 bridgehead atoms. The third kappa shape index (κ3) is 2.86. The van der Waals surface area contributed by atoms with Gasteiger partial charge in [-0.05, 0) is 39.7 Å². The molecule has 0 saturated heterocycles. The maximum Gasteiger partial charge on any atom is 0.137 e. The maximum absolute atomic E-state index is 13.2. The van der Waals surface area contributed by atoms with Gasteiger partial charge in [0.15, 0.2) is 0 Å². The number of ether oxygens (including phenoxy) is 1. The molecule has 2 aromatic rings. The van der Waals surface area contributed by atoms with Gasteiger partial charge >= 0.3 is 0 Å². The number of fused-ring (bicyclic) bond motifs is 1. The van der Waals surface area contributed by atoms with E-state index in [9.17, 15) is 4.39 Å². The van der Waals surface area contributed by atoms with Crippen LogP contribution in [0.25, 0.3) is 0 Å². The third-order valence-corrected chi connectivity index (χ3v) is 4.10. The summed E-state index contributed by atoms with van der Waals surface area (Å²) in [6, 6.07) is 13.5. The topological polar surface area (TPSA) is 21.3 Å². The zero-order chi connectivity index (χ0) is 13.9. The molecule has 0 amide bonds. The Morgan fingerprint density at radius 3 is 2.95 bits per heavy atom. The van der Waals surface area contributed by atoms with Crippen LogP contribution in [-0.4, -0.2) is 6.61 Å². The van der Waals surface area contributed by atoms with E-state index in [-0.39, 0.29) is 11.9 Å². The second-order valence-electron chi connectivity index (χ2n) is 4.86. The standard InChI is InChI=1S/C16H15BrFNO/c17-13-9-11(5-6-14(13)18)10-19-15-7-8-20-16-4-2-1-3-12(15)16/h1-6,9,15,19H,7-8,10H2. The summed E-state index contributed by atoms with van der Waals surface area (Å²) in [5.74, 6) is 0.724. The number of hydrogen-bond acceptors (Lipinski definition) is 2. The van der Waals surface area contributed by atoms with Gasteiger partial charge in [-0.1, -0.05) is 24.3 Å². The lowest BCUT2D eigenvalue weighted by atomic mass is 10.0. The van der Waals surface area contributed by atoms with Crippen LogP contribution in [0.5, 0.6) is 5.75 Å². The first kappa shape index (κ1) is 13.6. The average Bonchev–Trinajstić information content (AvgIpc) is 2.48. The highest BCUT2D eigenvalue weighted by atomic mass is 79.9. The van der Waals surface area contributed by atoms with Crippen molar-refractivity contribution in [2.24, 2.45) is 0 Å². The van der Waals surface area contributed by atoms with Gasteiger partial charge < -0.3 is 10.1 Å². The molecule has 1 aliphatic heterocycles. The van der Waals surface area contributed by atoms with Gasteiger partial charge in [0.1, 0.15) is 11.6 Å². The fourth-order valence-electron chi connectivity index (χ4n) is 2.44. The summed E-state index contributed by atoms with van der Waals surface area (Å²) in [7, 11) is 0. The van der Waals surface area contributed by atoms with Crippen LogP contribution in [0.2, 0.25) is 0 Å². The van der Waals surface area contributed by atoms with E-state index >= 15 is 0 Å². The second-order valence-corrected chi connectivity index (χ2v) is 5.71. The maximum atomic E-state index is 13.2. The zero-order valence-corrected chi connectivity index (χ0v) is 12.5. The molecule has 0 aliphatic carbocycles. The molecule has 1 aliphatic rings. The first-order chi connectivity index (χ1) is 9.74. The molecule has 1 atom stereocenters. The SMILES string of the molecule is Fc1ccc(CNC2CCOc3ccccc32)cc1Br.